The summed E-state index contributed by atoms with van der Waals surface area (Å²) in [5.41, 5.74) is 5.92. The highest BCUT2D eigenvalue weighted by Crippen LogP contribution is 2.26. The Morgan fingerprint density at radius 2 is 2.12 bits per heavy atom. The van der Waals surface area contributed by atoms with E-state index in [-0.39, 0.29) is 12.3 Å². The molecule has 0 aliphatic rings. The van der Waals surface area contributed by atoms with Crippen molar-refractivity contribution in [3.8, 4) is 5.88 Å². The number of hydrogen-bond acceptors (Lipinski definition) is 4. The predicted octanol–water partition coefficient (Wildman–Crippen LogP) is 1.83. The molecule has 1 rings (SSSR count). The first-order chi connectivity index (χ1) is 7.42. The summed E-state index contributed by atoms with van der Waals surface area (Å²) in [4.78, 5) is 7.54. The van der Waals surface area contributed by atoms with E-state index in [9.17, 15) is 13.2 Å². The molecule has 0 aliphatic heterocycles. The Kier molecular flexibility index (Phi) is 4.05. The third-order valence-corrected chi connectivity index (χ3v) is 1.99. The first kappa shape index (κ1) is 12.7. The van der Waals surface area contributed by atoms with Crippen LogP contribution in [-0.2, 0) is 0 Å². The second-order valence-corrected chi connectivity index (χ2v) is 3.25. The standard InChI is InChI=1S/C9H12F3N3O/c1-16-8-4-7(14-5-15-8)6(13)2-3-9(10,11)12/h4-6H,2-3,13H2,1H3. The molecule has 0 spiro atoms. The van der Waals surface area contributed by atoms with Crippen molar-refractivity contribution in [1.82, 2.24) is 9.97 Å². The molecule has 0 fully saturated rings. The van der Waals surface area contributed by atoms with E-state index in [0.29, 0.717) is 5.69 Å². The summed E-state index contributed by atoms with van der Waals surface area (Å²) in [6, 6.07) is 0.666. The molecule has 0 bridgehead atoms. The Balaban J connectivity index is 2.62. The number of rotatable bonds is 4. The molecule has 7 heteroatoms. The summed E-state index contributed by atoms with van der Waals surface area (Å²) < 4.78 is 40.7. The Morgan fingerprint density at radius 1 is 1.44 bits per heavy atom. The molecule has 0 saturated carbocycles. The zero-order valence-corrected chi connectivity index (χ0v) is 8.66. The number of nitrogens with two attached hydrogens (primary N) is 1. The van der Waals surface area contributed by atoms with Gasteiger partial charge in [-0.05, 0) is 6.42 Å². The van der Waals surface area contributed by atoms with E-state index in [1.165, 1.54) is 19.5 Å². The van der Waals surface area contributed by atoms with Crippen LogP contribution < -0.4 is 10.5 Å². The van der Waals surface area contributed by atoms with Crippen molar-refractivity contribution in [1.29, 1.82) is 0 Å². The molecule has 0 aromatic carbocycles. The molecule has 1 unspecified atom stereocenters. The number of ether oxygens (including phenoxy) is 1. The highest BCUT2D eigenvalue weighted by molar-refractivity contribution is 5.16. The van der Waals surface area contributed by atoms with Crippen LogP contribution in [0.1, 0.15) is 24.6 Å². The normalized spacial score (nSPS) is 13.6. The number of methoxy groups -OCH3 is 1. The average molecular weight is 235 g/mol. The lowest BCUT2D eigenvalue weighted by atomic mass is 10.1. The summed E-state index contributed by atoms with van der Waals surface area (Å²) >= 11 is 0. The molecule has 16 heavy (non-hydrogen) atoms. The second-order valence-electron chi connectivity index (χ2n) is 3.25. The van der Waals surface area contributed by atoms with Crippen LogP contribution in [0.4, 0.5) is 13.2 Å². The summed E-state index contributed by atoms with van der Waals surface area (Å²) in [5, 5.41) is 0. The molecular weight excluding hydrogens is 223 g/mol. The minimum atomic E-state index is -4.20. The lowest BCUT2D eigenvalue weighted by Gasteiger charge is -2.12. The van der Waals surface area contributed by atoms with Gasteiger partial charge in [-0.3, -0.25) is 0 Å². The fraction of sp³-hybridized carbons (Fsp3) is 0.556. The van der Waals surface area contributed by atoms with Crippen molar-refractivity contribution in [3.63, 3.8) is 0 Å². The van der Waals surface area contributed by atoms with Crippen molar-refractivity contribution in [2.75, 3.05) is 7.11 Å². The van der Waals surface area contributed by atoms with Crippen molar-refractivity contribution < 1.29 is 17.9 Å². The van der Waals surface area contributed by atoms with E-state index in [0.717, 1.165) is 0 Å². The fourth-order valence-corrected chi connectivity index (χ4v) is 1.13. The molecule has 0 radical (unpaired) electrons. The highest BCUT2D eigenvalue weighted by Gasteiger charge is 2.28. The molecule has 1 aromatic heterocycles. The lowest BCUT2D eigenvalue weighted by Crippen LogP contribution is -2.17. The van der Waals surface area contributed by atoms with Gasteiger partial charge in [0, 0.05) is 18.5 Å². The number of hydrogen-bond donors (Lipinski definition) is 1. The maximum absolute atomic E-state index is 12.0. The van der Waals surface area contributed by atoms with E-state index < -0.39 is 18.6 Å². The average Bonchev–Trinajstić information content (AvgIpc) is 2.25. The van der Waals surface area contributed by atoms with Crippen LogP contribution in [0.25, 0.3) is 0 Å². The maximum atomic E-state index is 12.0. The van der Waals surface area contributed by atoms with Gasteiger partial charge in [-0.25, -0.2) is 9.97 Å². The van der Waals surface area contributed by atoms with Gasteiger partial charge in [0.2, 0.25) is 5.88 Å². The Hall–Kier alpha value is -1.37. The van der Waals surface area contributed by atoms with Gasteiger partial charge in [-0.1, -0.05) is 0 Å². The summed E-state index contributed by atoms with van der Waals surface area (Å²) in [7, 11) is 1.41. The van der Waals surface area contributed by atoms with Gasteiger partial charge in [0.25, 0.3) is 0 Å². The van der Waals surface area contributed by atoms with Gasteiger partial charge in [0.1, 0.15) is 6.33 Å². The quantitative estimate of drug-likeness (QED) is 0.864. The van der Waals surface area contributed by atoms with Gasteiger partial charge in [0.15, 0.2) is 0 Å². The van der Waals surface area contributed by atoms with Crippen LogP contribution in [-0.4, -0.2) is 23.3 Å². The SMILES string of the molecule is COc1cc(C(N)CCC(F)(F)F)ncn1. The Labute approximate surface area is 90.6 Å². The number of nitrogens with zero attached hydrogens (tertiary/aromatic N) is 2. The van der Waals surface area contributed by atoms with E-state index >= 15 is 0 Å². The molecule has 2 N–H and O–H groups in total. The number of aromatic nitrogens is 2. The molecular formula is C9H12F3N3O. The Bertz CT molecular complexity index is 343. The van der Waals surface area contributed by atoms with Gasteiger partial charge < -0.3 is 10.5 Å². The molecule has 0 aliphatic carbocycles. The number of alkyl halides is 3. The zero-order valence-electron chi connectivity index (χ0n) is 8.66. The van der Waals surface area contributed by atoms with Gasteiger partial charge in [-0.2, -0.15) is 13.2 Å². The van der Waals surface area contributed by atoms with E-state index in [4.69, 9.17) is 10.5 Å². The highest BCUT2D eigenvalue weighted by atomic mass is 19.4. The molecule has 1 aromatic rings. The molecule has 1 atom stereocenters. The molecule has 90 valence electrons. The fourth-order valence-electron chi connectivity index (χ4n) is 1.13. The first-order valence-corrected chi connectivity index (χ1v) is 4.60. The number of halogens is 3. The van der Waals surface area contributed by atoms with Crippen LogP contribution in [0.2, 0.25) is 0 Å². The van der Waals surface area contributed by atoms with Crippen LogP contribution >= 0.6 is 0 Å². The zero-order chi connectivity index (χ0) is 12.2. The monoisotopic (exact) mass is 235 g/mol. The van der Waals surface area contributed by atoms with Crippen molar-refractivity contribution in [3.05, 3.63) is 18.1 Å². The lowest BCUT2D eigenvalue weighted by molar-refractivity contribution is -0.136. The summed E-state index contributed by atoms with van der Waals surface area (Å²) in [5.74, 6) is 0.285. The minimum absolute atomic E-state index is 0.205. The van der Waals surface area contributed by atoms with Crippen LogP contribution in [0.3, 0.4) is 0 Å². The van der Waals surface area contributed by atoms with E-state index in [2.05, 4.69) is 9.97 Å². The third-order valence-electron chi connectivity index (χ3n) is 1.99. The maximum Gasteiger partial charge on any atom is 0.389 e. The van der Waals surface area contributed by atoms with Crippen molar-refractivity contribution >= 4 is 0 Å². The van der Waals surface area contributed by atoms with Gasteiger partial charge in [-0.15, -0.1) is 0 Å². The molecule has 0 amide bonds. The molecule has 1 heterocycles. The minimum Gasteiger partial charge on any atom is -0.481 e. The van der Waals surface area contributed by atoms with E-state index in [1.807, 2.05) is 0 Å². The third kappa shape index (κ3) is 4.01. The topological polar surface area (TPSA) is 61.0 Å². The molecule has 4 nitrogen and oxygen atoms in total. The van der Waals surface area contributed by atoms with Crippen molar-refractivity contribution in [2.45, 2.75) is 25.1 Å². The van der Waals surface area contributed by atoms with Gasteiger partial charge in [0.05, 0.1) is 12.8 Å². The van der Waals surface area contributed by atoms with E-state index in [1.54, 1.807) is 0 Å². The smallest absolute Gasteiger partial charge is 0.389 e. The predicted molar refractivity (Wildman–Crippen MR) is 50.8 cm³/mol. The van der Waals surface area contributed by atoms with Crippen LogP contribution in [0.5, 0.6) is 5.88 Å². The summed E-state index contributed by atoms with van der Waals surface area (Å²) in [6.07, 6.45) is -4.12. The van der Waals surface area contributed by atoms with Gasteiger partial charge >= 0.3 is 6.18 Å². The second kappa shape index (κ2) is 5.11. The van der Waals surface area contributed by atoms with Crippen LogP contribution in [0, 0.1) is 0 Å². The largest absolute Gasteiger partial charge is 0.481 e. The Morgan fingerprint density at radius 3 is 2.69 bits per heavy atom. The molecule has 0 saturated heterocycles. The van der Waals surface area contributed by atoms with Crippen LogP contribution in [0.15, 0.2) is 12.4 Å². The summed E-state index contributed by atoms with van der Waals surface area (Å²) in [6.45, 7) is 0. The van der Waals surface area contributed by atoms with Crippen molar-refractivity contribution in [2.24, 2.45) is 5.73 Å². The first-order valence-electron chi connectivity index (χ1n) is 4.60.